The minimum atomic E-state index is 0.0904. The average molecular weight is 195 g/mol. The Morgan fingerprint density at radius 2 is 2.29 bits per heavy atom. The first-order valence-corrected chi connectivity index (χ1v) is 5.07. The van der Waals surface area contributed by atoms with Crippen LogP contribution in [-0.4, -0.2) is 16.2 Å². The monoisotopic (exact) mass is 195 g/mol. The van der Waals surface area contributed by atoms with E-state index in [2.05, 4.69) is 24.0 Å². The number of hydrogen-bond donors (Lipinski definition) is 1. The van der Waals surface area contributed by atoms with Crippen molar-refractivity contribution < 1.29 is 4.52 Å². The zero-order chi connectivity index (χ0) is 10.3. The third-order valence-corrected chi connectivity index (χ3v) is 2.80. The van der Waals surface area contributed by atoms with Crippen molar-refractivity contribution in [2.75, 3.05) is 0 Å². The number of nitrogens with zero attached hydrogens (tertiary/aromatic N) is 2. The second-order valence-corrected chi connectivity index (χ2v) is 4.98. The summed E-state index contributed by atoms with van der Waals surface area (Å²) in [6.07, 6.45) is 1.84. The highest BCUT2D eigenvalue weighted by Crippen LogP contribution is 2.57. The SMILES string of the molecule is CC(N)Cc1noc(C2CC2(C)C)n1. The van der Waals surface area contributed by atoms with E-state index >= 15 is 0 Å². The van der Waals surface area contributed by atoms with Gasteiger partial charge in [-0.2, -0.15) is 4.98 Å². The fourth-order valence-electron chi connectivity index (χ4n) is 1.67. The van der Waals surface area contributed by atoms with E-state index in [0.29, 0.717) is 17.8 Å². The molecule has 2 unspecified atom stereocenters. The van der Waals surface area contributed by atoms with E-state index in [1.165, 1.54) is 0 Å². The van der Waals surface area contributed by atoms with Gasteiger partial charge in [-0.3, -0.25) is 0 Å². The van der Waals surface area contributed by atoms with Crippen LogP contribution in [0, 0.1) is 5.41 Å². The zero-order valence-electron chi connectivity index (χ0n) is 8.95. The molecule has 0 amide bonds. The highest BCUT2D eigenvalue weighted by Gasteiger charge is 2.50. The number of rotatable bonds is 3. The van der Waals surface area contributed by atoms with Crippen molar-refractivity contribution in [2.24, 2.45) is 11.1 Å². The van der Waals surface area contributed by atoms with Crippen molar-refractivity contribution in [1.82, 2.24) is 10.1 Å². The summed E-state index contributed by atoms with van der Waals surface area (Å²) in [6, 6.07) is 0.0904. The van der Waals surface area contributed by atoms with Crippen molar-refractivity contribution in [3.8, 4) is 0 Å². The standard InChI is InChI=1S/C10H17N3O/c1-6(11)4-8-12-9(14-13-8)7-5-10(7,2)3/h6-7H,4-5,11H2,1-3H3. The van der Waals surface area contributed by atoms with Gasteiger partial charge in [0.05, 0.1) is 0 Å². The van der Waals surface area contributed by atoms with E-state index in [-0.39, 0.29) is 6.04 Å². The molecule has 2 N–H and O–H groups in total. The summed E-state index contributed by atoms with van der Waals surface area (Å²) in [5.74, 6) is 1.97. The molecule has 0 radical (unpaired) electrons. The molecule has 0 saturated heterocycles. The van der Waals surface area contributed by atoms with Crippen LogP contribution in [0.25, 0.3) is 0 Å². The van der Waals surface area contributed by atoms with E-state index in [9.17, 15) is 0 Å². The summed E-state index contributed by atoms with van der Waals surface area (Å²) >= 11 is 0. The molecule has 4 nitrogen and oxygen atoms in total. The Bertz CT molecular complexity index is 330. The van der Waals surface area contributed by atoms with Gasteiger partial charge in [0.15, 0.2) is 5.82 Å². The first kappa shape index (κ1) is 9.65. The topological polar surface area (TPSA) is 64.9 Å². The molecule has 14 heavy (non-hydrogen) atoms. The molecule has 0 aliphatic heterocycles. The molecule has 1 aliphatic rings. The smallest absolute Gasteiger partial charge is 0.230 e. The largest absolute Gasteiger partial charge is 0.339 e. The predicted octanol–water partition coefficient (Wildman–Crippen LogP) is 1.47. The van der Waals surface area contributed by atoms with Gasteiger partial charge in [-0.05, 0) is 18.8 Å². The minimum absolute atomic E-state index is 0.0904. The van der Waals surface area contributed by atoms with E-state index in [0.717, 1.165) is 18.1 Å². The summed E-state index contributed by atoms with van der Waals surface area (Å²) in [5, 5.41) is 3.92. The second-order valence-electron chi connectivity index (χ2n) is 4.98. The van der Waals surface area contributed by atoms with Crippen LogP contribution in [0.4, 0.5) is 0 Å². The molecule has 1 aliphatic carbocycles. The van der Waals surface area contributed by atoms with Crippen LogP contribution in [0.5, 0.6) is 0 Å². The molecule has 1 aromatic heterocycles. The van der Waals surface area contributed by atoms with Crippen LogP contribution in [0.1, 0.15) is 44.8 Å². The quantitative estimate of drug-likeness (QED) is 0.793. The van der Waals surface area contributed by atoms with Crippen LogP contribution < -0.4 is 5.73 Å². The molecule has 0 spiro atoms. The maximum Gasteiger partial charge on any atom is 0.230 e. The van der Waals surface area contributed by atoms with Gasteiger partial charge in [0.1, 0.15) is 0 Å². The second kappa shape index (κ2) is 3.05. The Kier molecular flexibility index (Phi) is 2.10. The van der Waals surface area contributed by atoms with E-state index in [1.807, 2.05) is 6.92 Å². The Balaban J connectivity index is 2.04. The number of aromatic nitrogens is 2. The van der Waals surface area contributed by atoms with E-state index < -0.39 is 0 Å². The molecule has 1 saturated carbocycles. The van der Waals surface area contributed by atoms with Crippen molar-refractivity contribution in [3.63, 3.8) is 0 Å². The van der Waals surface area contributed by atoms with Crippen molar-refractivity contribution in [1.29, 1.82) is 0 Å². The van der Waals surface area contributed by atoms with Crippen molar-refractivity contribution >= 4 is 0 Å². The Hall–Kier alpha value is -0.900. The van der Waals surface area contributed by atoms with Gasteiger partial charge in [0.25, 0.3) is 0 Å². The van der Waals surface area contributed by atoms with Crippen LogP contribution in [-0.2, 0) is 6.42 Å². The first-order valence-electron chi connectivity index (χ1n) is 5.07. The molecule has 1 fully saturated rings. The summed E-state index contributed by atoms with van der Waals surface area (Å²) < 4.78 is 5.21. The highest BCUT2D eigenvalue weighted by atomic mass is 16.5. The molecule has 0 aromatic carbocycles. The molecule has 1 heterocycles. The van der Waals surface area contributed by atoms with Crippen molar-refractivity contribution in [2.45, 2.75) is 45.6 Å². The molecule has 2 rings (SSSR count). The summed E-state index contributed by atoms with van der Waals surface area (Å²) in [4.78, 5) is 4.35. The third kappa shape index (κ3) is 1.80. The van der Waals surface area contributed by atoms with Crippen LogP contribution in [0.3, 0.4) is 0 Å². The van der Waals surface area contributed by atoms with Gasteiger partial charge < -0.3 is 10.3 Å². The maximum absolute atomic E-state index is 5.66. The van der Waals surface area contributed by atoms with Crippen LogP contribution in [0.2, 0.25) is 0 Å². The lowest BCUT2D eigenvalue weighted by Gasteiger charge is -1.97. The third-order valence-electron chi connectivity index (χ3n) is 2.80. The Morgan fingerprint density at radius 1 is 1.64 bits per heavy atom. The molecular weight excluding hydrogens is 178 g/mol. The lowest BCUT2D eigenvalue weighted by atomic mass is 10.1. The number of nitrogens with two attached hydrogens (primary N) is 1. The normalized spacial score (nSPS) is 26.1. The molecule has 4 heteroatoms. The summed E-state index contributed by atoms with van der Waals surface area (Å²) in [7, 11) is 0. The molecular formula is C10H17N3O. The highest BCUT2D eigenvalue weighted by molar-refractivity contribution is 5.13. The molecule has 78 valence electrons. The lowest BCUT2D eigenvalue weighted by molar-refractivity contribution is 0.362. The lowest BCUT2D eigenvalue weighted by Crippen LogP contribution is -2.18. The van der Waals surface area contributed by atoms with Crippen LogP contribution >= 0.6 is 0 Å². The predicted molar refractivity (Wildman–Crippen MR) is 52.8 cm³/mol. The van der Waals surface area contributed by atoms with E-state index in [4.69, 9.17) is 10.3 Å². The van der Waals surface area contributed by atoms with Gasteiger partial charge in [-0.1, -0.05) is 19.0 Å². The fourth-order valence-corrected chi connectivity index (χ4v) is 1.67. The number of hydrogen-bond acceptors (Lipinski definition) is 4. The summed E-state index contributed by atoms with van der Waals surface area (Å²) in [6.45, 7) is 6.37. The van der Waals surface area contributed by atoms with Gasteiger partial charge in [-0.15, -0.1) is 0 Å². The first-order chi connectivity index (χ1) is 6.49. The Labute approximate surface area is 83.9 Å². The van der Waals surface area contributed by atoms with Crippen LogP contribution in [0.15, 0.2) is 4.52 Å². The van der Waals surface area contributed by atoms with Gasteiger partial charge in [-0.25, -0.2) is 0 Å². The van der Waals surface area contributed by atoms with Gasteiger partial charge >= 0.3 is 0 Å². The zero-order valence-corrected chi connectivity index (χ0v) is 8.95. The molecule has 2 atom stereocenters. The van der Waals surface area contributed by atoms with Gasteiger partial charge in [0.2, 0.25) is 5.89 Å². The Morgan fingerprint density at radius 3 is 2.79 bits per heavy atom. The van der Waals surface area contributed by atoms with Crippen molar-refractivity contribution in [3.05, 3.63) is 11.7 Å². The maximum atomic E-state index is 5.66. The molecule has 0 bridgehead atoms. The van der Waals surface area contributed by atoms with E-state index in [1.54, 1.807) is 0 Å². The van der Waals surface area contributed by atoms with Gasteiger partial charge in [0, 0.05) is 18.4 Å². The fraction of sp³-hybridized carbons (Fsp3) is 0.800. The summed E-state index contributed by atoms with van der Waals surface area (Å²) in [5.41, 5.74) is 6.00. The average Bonchev–Trinajstić information content (AvgIpc) is 2.52. The minimum Gasteiger partial charge on any atom is -0.339 e. The molecule has 1 aromatic rings.